The molecule has 1 saturated heterocycles. The highest BCUT2D eigenvalue weighted by Crippen LogP contribution is 2.71. The number of fused-ring (bicyclic) bond motifs is 5. The summed E-state index contributed by atoms with van der Waals surface area (Å²) in [7, 11) is 0. The van der Waals surface area contributed by atoms with Crippen LogP contribution < -0.4 is 0 Å². The minimum atomic E-state index is -0.512. The van der Waals surface area contributed by atoms with Gasteiger partial charge in [0.2, 0.25) is 0 Å². The SMILES string of the molecule is CC1(C)[C@@H]2CC[C@@]1(C)[C@H]1O[C@H](OC(CO)CO)C[C@@H]21. The maximum Gasteiger partial charge on any atom is 0.158 e. The van der Waals surface area contributed by atoms with Gasteiger partial charge in [-0.1, -0.05) is 20.8 Å². The summed E-state index contributed by atoms with van der Waals surface area (Å²) in [4.78, 5) is 0. The van der Waals surface area contributed by atoms with Gasteiger partial charge in [0.05, 0.1) is 19.3 Å². The molecule has 1 aliphatic heterocycles. The Bertz CT molecular complexity index is 352. The van der Waals surface area contributed by atoms with Crippen LogP contribution in [0.4, 0.5) is 0 Å². The highest BCUT2D eigenvalue weighted by molar-refractivity contribution is 5.16. The lowest BCUT2D eigenvalue weighted by Gasteiger charge is -2.38. The molecule has 2 saturated carbocycles. The minimum absolute atomic E-state index is 0.155. The second-order valence-electron chi connectivity index (χ2n) is 7.29. The van der Waals surface area contributed by atoms with E-state index < -0.39 is 6.10 Å². The Morgan fingerprint density at radius 2 is 1.95 bits per heavy atom. The van der Waals surface area contributed by atoms with Crippen molar-refractivity contribution < 1.29 is 19.7 Å². The van der Waals surface area contributed by atoms with Gasteiger partial charge in [-0.15, -0.1) is 0 Å². The van der Waals surface area contributed by atoms with Crippen LogP contribution in [0.1, 0.15) is 40.0 Å². The molecule has 0 amide bonds. The van der Waals surface area contributed by atoms with Crippen molar-refractivity contribution in [2.45, 2.75) is 58.5 Å². The van der Waals surface area contributed by atoms with Crippen molar-refractivity contribution in [1.29, 1.82) is 0 Å². The fraction of sp³-hybridized carbons (Fsp3) is 1.00. The zero-order valence-electron chi connectivity index (χ0n) is 12.1. The average Bonchev–Trinajstić information content (AvgIpc) is 2.93. The molecule has 0 aromatic rings. The summed E-state index contributed by atoms with van der Waals surface area (Å²) in [6.45, 7) is 6.81. The third-order valence-corrected chi connectivity index (χ3v) is 6.42. The van der Waals surface area contributed by atoms with Gasteiger partial charge in [0, 0.05) is 6.42 Å². The summed E-state index contributed by atoms with van der Waals surface area (Å²) in [5.74, 6) is 1.30. The summed E-state index contributed by atoms with van der Waals surface area (Å²) in [5, 5.41) is 18.2. The van der Waals surface area contributed by atoms with Crippen molar-refractivity contribution in [3.05, 3.63) is 0 Å². The van der Waals surface area contributed by atoms with E-state index in [1.807, 2.05) is 0 Å². The van der Waals surface area contributed by atoms with Crippen molar-refractivity contribution in [1.82, 2.24) is 0 Å². The van der Waals surface area contributed by atoms with Gasteiger partial charge in [0.1, 0.15) is 6.10 Å². The van der Waals surface area contributed by atoms with Crippen molar-refractivity contribution >= 4 is 0 Å². The molecule has 0 spiro atoms. The Morgan fingerprint density at radius 1 is 1.26 bits per heavy atom. The monoisotopic (exact) mass is 270 g/mol. The van der Waals surface area contributed by atoms with Gasteiger partial charge in [-0.05, 0) is 35.5 Å². The van der Waals surface area contributed by atoms with E-state index in [1.165, 1.54) is 12.8 Å². The summed E-state index contributed by atoms with van der Waals surface area (Å²) < 4.78 is 11.8. The lowest BCUT2D eigenvalue weighted by atomic mass is 9.70. The van der Waals surface area contributed by atoms with E-state index in [4.69, 9.17) is 19.7 Å². The van der Waals surface area contributed by atoms with Crippen LogP contribution in [-0.2, 0) is 9.47 Å². The third kappa shape index (κ3) is 1.73. The van der Waals surface area contributed by atoms with Gasteiger partial charge in [-0.2, -0.15) is 0 Å². The highest BCUT2D eigenvalue weighted by atomic mass is 16.7. The van der Waals surface area contributed by atoms with E-state index >= 15 is 0 Å². The number of hydrogen-bond donors (Lipinski definition) is 2. The van der Waals surface area contributed by atoms with E-state index in [9.17, 15) is 0 Å². The first-order valence-electron chi connectivity index (χ1n) is 7.46. The molecule has 0 aromatic carbocycles. The van der Waals surface area contributed by atoms with Gasteiger partial charge in [-0.25, -0.2) is 0 Å². The van der Waals surface area contributed by atoms with Gasteiger partial charge < -0.3 is 19.7 Å². The summed E-state index contributed by atoms with van der Waals surface area (Å²) in [6, 6.07) is 0. The molecule has 4 nitrogen and oxygen atoms in total. The number of aliphatic hydroxyl groups is 2. The molecule has 2 aliphatic carbocycles. The number of aliphatic hydroxyl groups excluding tert-OH is 2. The molecule has 19 heavy (non-hydrogen) atoms. The quantitative estimate of drug-likeness (QED) is 0.813. The summed E-state index contributed by atoms with van der Waals surface area (Å²) >= 11 is 0. The topological polar surface area (TPSA) is 58.9 Å². The summed E-state index contributed by atoms with van der Waals surface area (Å²) in [5.41, 5.74) is 0.592. The van der Waals surface area contributed by atoms with E-state index in [0.29, 0.717) is 11.3 Å². The standard InChI is InChI=1S/C15H26O4/c1-14(2)11-4-5-15(14,3)13-10(11)6-12(19-13)18-9(7-16)8-17/h9-13,16-17H,4-8H2,1-3H3/t10-,11+,12-,13-,15-/m0/s1. The summed E-state index contributed by atoms with van der Waals surface area (Å²) in [6.07, 6.45) is 2.96. The van der Waals surface area contributed by atoms with Crippen LogP contribution in [0.2, 0.25) is 0 Å². The number of rotatable bonds is 4. The molecular weight excluding hydrogens is 244 g/mol. The first-order chi connectivity index (χ1) is 8.94. The maximum absolute atomic E-state index is 9.10. The van der Waals surface area contributed by atoms with Crippen molar-refractivity contribution in [2.75, 3.05) is 13.2 Å². The van der Waals surface area contributed by atoms with Crippen molar-refractivity contribution in [3.8, 4) is 0 Å². The van der Waals surface area contributed by atoms with Gasteiger partial charge in [0.15, 0.2) is 6.29 Å². The van der Waals surface area contributed by atoms with Gasteiger partial charge in [0.25, 0.3) is 0 Å². The lowest BCUT2D eigenvalue weighted by Crippen LogP contribution is -2.38. The Labute approximate surface area is 115 Å². The molecule has 0 aromatic heterocycles. The predicted molar refractivity (Wildman–Crippen MR) is 70.4 cm³/mol. The minimum Gasteiger partial charge on any atom is -0.394 e. The molecular formula is C15H26O4. The van der Waals surface area contributed by atoms with Crippen molar-refractivity contribution in [3.63, 3.8) is 0 Å². The van der Waals surface area contributed by atoms with Gasteiger partial charge in [-0.3, -0.25) is 0 Å². The molecule has 0 unspecified atom stereocenters. The fourth-order valence-electron chi connectivity index (χ4n) is 4.93. The highest BCUT2D eigenvalue weighted by Gasteiger charge is 2.69. The fourth-order valence-corrected chi connectivity index (χ4v) is 4.93. The second-order valence-corrected chi connectivity index (χ2v) is 7.29. The van der Waals surface area contributed by atoms with Crippen LogP contribution in [-0.4, -0.2) is 41.9 Å². The zero-order valence-corrected chi connectivity index (χ0v) is 12.1. The van der Waals surface area contributed by atoms with Crippen LogP contribution in [0.25, 0.3) is 0 Å². The van der Waals surface area contributed by atoms with Crippen LogP contribution in [0.3, 0.4) is 0 Å². The van der Waals surface area contributed by atoms with Crippen molar-refractivity contribution in [2.24, 2.45) is 22.7 Å². The molecule has 110 valence electrons. The molecule has 2 bridgehead atoms. The van der Waals surface area contributed by atoms with E-state index in [2.05, 4.69) is 20.8 Å². The smallest absolute Gasteiger partial charge is 0.158 e. The van der Waals surface area contributed by atoms with E-state index in [1.54, 1.807) is 0 Å². The lowest BCUT2D eigenvalue weighted by molar-refractivity contribution is -0.197. The average molecular weight is 270 g/mol. The molecule has 3 aliphatic rings. The van der Waals surface area contributed by atoms with Crippen LogP contribution in [0.15, 0.2) is 0 Å². The Hall–Kier alpha value is -0.160. The van der Waals surface area contributed by atoms with Crippen LogP contribution in [0, 0.1) is 22.7 Å². The normalized spacial score (nSPS) is 47.1. The Balaban J connectivity index is 1.72. The first kappa shape index (κ1) is 13.8. The van der Waals surface area contributed by atoms with Crippen LogP contribution in [0.5, 0.6) is 0 Å². The molecule has 3 fully saturated rings. The largest absolute Gasteiger partial charge is 0.394 e. The third-order valence-electron chi connectivity index (χ3n) is 6.42. The van der Waals surface area contributed by atoms with Gasteiger partial charge >= 0.3 is 0 Å². The molecule has 3 rings (SSSR count). The molecule has 4 heteroatoms. The Morgan fingerprint density at radius 3 is 2.53 bits per heavy atom. The predicted octanol–water partition coefficient (Wildman–Crippen LogP) is 1.54. The number of ether oxygens (including phenoxy) is 2. The zero-order chi connectivity index (χ0) is 13.8. The van der Waals surface area contributed by atoms with E-state index in [-0.39, 0.29) is 31.0 Å². The molecule has 0 radical (unpaired) electrons. The second kappa shape index (κ2) is 4.42. The van der Waals surface area contributed by atoms with Crippen LogP contribution >= 0.6 is 0 Å². The molecule has 1 heterocycles. The number of hydrogen-bond acceptors (Lipinski definition) is 4. The molecule has 5 atom stereocenters. The maximum atomic E-state index is 9.10. The first-order valence-corrected chi connectivity index (χ1v) is 7.46. The Kier molecular flexibility index (Phi) is 3.21. The van der Waals surface area contributed by atoms with E-state index in [0.717, 1.165) is 12.3 Å². The molecule has 2 N–H and O–H groups in total.